The summed E-state index contributed by atoms with van der Waals surface area (Å²) in [6.45, 7) is 6.72. The Morgan fingerprint density at radius 1 is 1.08 bits per heavy atom. The summed E-state index contributed by atoms with van der Waals surface area (Å²) in [7, 11) is 0. The van der Waals surface area contributed by atoms with E-state index in [0.717, 1.165) is 31.4 Å². The van der Waals surface area contributed by atoms with Crippen molar-refractivity contribution < 1.29 is 14.7 Å². The average Bonchev–Trinajstić information content (AvgIpc) is 2.92. The van der Waals surface area contributed by atoms with Crippen LogP contribution in [0.15, 0.2) is 22.9 Å². The number of fused-ring (bicyclic) bond motifs is 5. The van der Waals surface area contributed by atoms with Gasteiger partial charge in [0.15, 0.2) is 5.78 Å². The van der Waals surface area contributed by atoms with Crippen LogP contribution in [0.2, 0.25) is 0 Å². The molecule has 26 heavy (non-hydrogen) atoms. The lowest BCUT2D eigenvalue weighted by molar-refractivity contribution is -0.117. The van der Waals surface area contributed by atoms with Crippen molar-refractivity contribution in [1.82, 2.24) is 5.32 Å². The van der Waals surface area contributed by atoms with Gasteiger partial charge < -0.3 is 5.11 Å². The molecule has 0 unspecified atom stereocenters. The summed E-state index contributed by atoms with van der Waals surface area (Å²) in [6.07, 6.45) is 9.54. The van der Waals surface area contributed by atoms with Crippen LogP contribution in [0.5, 0.6) is 0 Å². The van der Waals surface area contributed by atoms with Gasteiger partial charge in [0.05, 0.1) is 0 Å². The second kappa shape index (κ2) is 5.97. The molecule has 0 saturated heterocycles. The Balaban J connectivity index is 1.65. The number of carbonyl (C=O) groups is 2. The maximum Gasteiger partial charge on any atom is 0.408 e. The highest BCUT2D eigenvalue weighted by Crippen LogP contribution is 2.66. The molecule has 5 atom stereocenters. The van der Waals surface area contributed by atoms with Crippen LogP contribution in [0.4, 0.5) is 4.79 Å². The molecule has 0 heterocycles. The van der Waals surface area contributed by atoms with Crippen molar-refractivity contribution in [3.8, 4) is 0 Å². The van der Waals surface area contributed by atoms with Gasteiger partial charge in [-0.1, -0.05) is 19.4 Å². The predicted molar refractivity (Wildman–Crippen MR) is 101 cm³/mol. The number of carbonyl (C=O) groups excluding carboxylic acids is 1. The highest BCUT2D eigenvalue weighted by atomic mass is 16.4. The van der Waals surface area contributed by atoms with Gasteiger partial charge in [-0.15, -0.1) is 0 Å². The Bertz CT molecular complexity index is 721. The monoisotopic (exact) mass is 357 g/mol. The molecule has 142 valence electrons. The van der Waals surface area contributed by atoms with Crippen LogP contribution in [-0.2, 0) is 4.79 Å². The van der Waals surface area contributed by atoms with Gasteiger partial charge in [0, 0.05) is 12.1 Å². The summed E-state index contributed by atoms with van der Waals surface area (Å²) in [6, 6.07) is 0. The zero-order valence-electron chi connectivity index (χ0n) is 16.2. The van der Waals surface area contributed by atoms with Gasteiger partial charge in [-0.25, -0.2) is 4.79 Å². The molecule has 4 aliphatic rings. The van der Waals surface area contributed by atoms with Gasteiger partial charge in [-0.05, 0) is 92.1 Å². The Morgan fingerprint density at radius 2 is 1.81 bits per heavy atom. The van der Waals surface area contributed by atoms with Crippen LogP contribution in [0.1, 0.15) is 72.1 Å². The lowest BCUT2D eigenvalue weighted by atomic mass is 9.47. The molecule has 0 aromatic heterocycles. The fourth-order valence-electron chi connectivity index (χ4n) is 7.22. The van der Waals surface area contributed by atoms with Crippen molar-refractivity contribution in [3.63, 3.8) is 0 Å². The van der Waals surface area contributed by atoms with Crippen LogP contribution >= 0.6 is 0 Å². The van der Waals surface area contributed by atoms with Gasteiger partial charge in [0.2, 0.25) is 0 Å². The predicted octanol–water partition coefficient (Wildman–Crippen LogP) is 5.06. The molecule has 0 radical (unpaired) electrons. The number of ketones is 1. The van der Waals surface area contributed by atoms with E-state index in [1.807, 2.05) is 13.0 Å². The van der Waals surface area contributed by atoms with E-state index in [1.165, 1.54) is 30.4 Å². The Kier molecular flexibility index (Phi) is 4.09. The number of hydrogen-bond acceptors (Lipinski definition) is 2. The van der Waals surface area contributed by atoms with Crippen molar-refractivity contribution >= 4 is 11.9 Å². The lowest BCUT2D eigenvalue weighted by Gasteiger charge is -2.57. The summed E-state index contributed by atoms with van der Waals surface area (Å²) < 4.78 is 0. The van der Waals surface area contributed by atoms with E-state index in [9.17, 15) is 9.59 Å². The first kappa shape index (κ1) is 17.8. The number of nitrogens with one attached hydrogen (secondary N) is 1. The summed E-state index contributed by atoms with van der Waals surface area (Å²) in [4.78, 5) is 23.0. The van der Waals surface area contributed by atoms with Crippen molar-refractivity contribution in [2.45, 2.75) is 72.1 Å². The molecule has 4 heteroatoms. The number of allylic oxidation sites excluding steroid dienone is 3. The fraction of sp³-hybridized carbons (Fsp3) is 0.727. The number of hydrogen-bond donors (Lipinski definition) is 2. The fourth-order valence-corrected chi connectivity index (χ4v) is 7.22. The Morgan fingerprint density at radius 3 is 2.54 bits per heavy atom. The third kappa shape index (κ3) is 2.48. The van der Waals surface area contributed by atoms with Gasteiger partial charge in [-0.2, -0.15) is 0 Å². The smallest absolute Gasteiger partial charge is 0.408 e. The van der Waals surface area contributed by atoms with E-state index in [0.29, 0.717) is 30.0 Å². The quantitative estimate of drug-likeness (QED) is 0.689. The van der Waals surface area contributed by atoms with E-state index in [2.05, 4.69) is 19.2 Å². The molecular formula is C22H31NO3. The summed E-state index contributed by atoms with van der Waals surface area (Å²) in [5, 5.41) is 11.7. The highest BCUT2D eigenvalue weighted by Gasteiger charge is 2.57. The van der Waals surface area contributed by atoms with E-state index in [4.69, 9.17) is 5.11 Å². The Hall–Kier alpha value is -1.58. The summed E-state index contributed by atoms with van der Waals surface area (Å²) in [5.74, 6) is 2.36. The molecule has 0 bridgehead atoms. The number of carboxylic acid groups (broad SMARTS) is 1. The highest BCUT2D eigenvalue weighted by molar-refractivity contribution is 5.91. The van der Waals surface area contributed by atoms with E-state index in [1.54, 1.807) is 0 Å². The topological polar surface area (TPSA) is 66.4 Å². The standard InChI is InChI=1S/C22H31NO3/c1-13(23-20(25)26)17-6-7-18-16-5-4-14-12-15(24)8-10-21(14,2)19(16)9-11-22(17,18)3/h12,16,18-19,23H,4-11H2,1-3H3,(H,25,26)/t16-,18-,19-,21-,22+/m0/s1. The zero-order valence-corrected chi connectivity index (χ0v) is 16.2. The second-order valence-electron chi connectivity index (χ2n) is 9.50. The lowest BCUT2D eigenvalue weighted by Crippen LogP contribution is -2.49. The summed E-state index contributed by atoms with van der Waals surface area (Å²) in [5.41, 5.74) is 3.95. The maximum absolute atomic E-state index is 11.9. The third-order valence-corrected chi connectivity index (χ3v) is 8.49. The van der Waals surface area contributed by atoms with Crippen LogP contribution in [0.25, 0.3) is 0 Å². The largest absolute Gasteiger partial charge is 0.465 e. The van der Waals surface area contributed by atoms with Crippen molar-refractivity contribution in [2.75, 3.05) is 0 Å². The molecule has 4 rings (SSSR count). The van der Waals surface area contributed by atoms with Crippen LogP contribution in [0.3, 0.4) is 0 Å². The van der Waals surface area contributed by atoms with Gasteiger partial charge in [-0.3, -0.25) is 10.1 Å². The van der Waals surface area contributed by atoms with E-state index < -0.39 is 6.09 Å². The molecule has 4 nitrogen and oxygen atoms in total. The molecule has 0 aromatic rings. The minimum Gasteiger partial charge on any atom is -0.465 e. The first-order valence-corrected chi connectivity index (χ1v) is 10.2. The van der Waals surface area contributed by atoms with Gasteiger partial charge in [0.1, 0.15) is 0 Å². The van der Waals surface area contributed by atoms with Gasteiger partial charge >= 0.3 is 6.09 Å². The molecule has 4 aliphatic carbocycles. The van der Waals surface area contributed by atoms with E-state index >= 15 is 0 Å². The van der Waals surface area contributed by atoms with Crippen molar-refractivity contribution in [2.24, 2.45) is 28.6 Å². The second-order valence-corrected chi connectivity index (χ2v) is 9.50. The molecule has 1 amide bonds. The molecule has 3 fully saturated rings. The molecule has 3 saturated carbocycles. The first-order valence-electron chi connectivity index (χ1n) is 10.2. The van der Waals surface area contributed by atoms with Crippen molar-refractivity contribution in [3.05, 3.63) is 22.9 Å². The third-order valence-electron chi connectivity index (χ3n) is 8.49. The molecule has 0 aromatic carbocycles. The zero-order chi connectivity index (χ0) is 18.7. The molecule has 0 aliphatic heterocycles. The normalized spacial score (nSPS) is 43.7. The van der Waals surface area contributed by atoms with Crippen LogP contribution in [0, 0.1) is 28.6 Å². The molecule has 0 spiro atoms. The number of amides is 1. The maximum atomic E-state index is 11.9. The molecular weight excluding hydrogens is 326 g/mol. The van der Waals surface area contributed by atoms with Gasteiger partial charge in [0.25, 0.3) is 0 Å². The number of rotatable bonds is 1. The first-order chi connectivity index (χ1) is 12.3. The van der Waals surface area contributed by atoms with Crippen LogP contribution < -0.4 is 5.32 Å². The summed E-state index contributed by atoms with van der Waals surface area (Å²) >= 11 is 0. The van der Waals surface area contributed by atoms with Crippen LogP contribution in [-0.4, -0.2) is 17.0 Å². The SMILES string of the molecule is CC(NC(=O)O)=C1CC[C@H]2[C@@H]3CCC4=CC(=O)CC[C@]4(C)[C@H]3CC[C@]12C. The Labute approximate surface area is 156 Å². The molecule has 2 N–H and O–H groups in total. The van der Waals surface area contributed by atoms with E-state index in [-0.39, 0.29) is 10.8 Å². The minimum atomic E-state index is -0.956. The minimum absolute atomic E-state index is 0.135. The van der Waals surface area contributed by atoms with Crippen molar-refractivity contribution in [1.29, 1.82) is 0 Å². The average molecular weight is 357 g/mol.